The smallest absolute Gasteiger partial charge is 0.358 e. The highest BCUT2D eigenvalue weighted by Gasteiger charge is 2.14. The molecule has 0 aliphatic carbocycles. The van der Waals surface area contributed by atoms with Crippen LogP contribution >= 0.6 is 15.9 Å². The quantitative estimate of drug-likeness (QED) is 0.796. The summed E-state index contributed by atoms with van der Waals surface area (Å²) in [5.41, 5.74) is 1.04. The van der Waals surface area contributed by atoms with Crippen LogP contribution in [0.4, 0.5) is 0 Å². The summed E-state index contributed by atoms with van der Waals surface area (Å²) in [5.74, 6) is -0.490. The number of hydrogen-bond acceptors (Lipinski definition) is 4. The van der Waals surface area contributed by atoms with Gasteiger partial charge in [-0.15, -0.1) is 0 Å². The topological polar surface area (TPSA) is 67.4 Å². The molecule has 2 aromatic rings. The van der Waals surface area contributed by atoms with Crippen LogP contribution in [0, 0.1) is 11.3 Å². The van der Waals surface area contributed by atoms with E-state index in [0.29, 0.717) is 17.8 Å². The van der Waals surface area contributed by atoms with Crippen molar-refractivity contribution in [1.82, 2.24) is 9.38 Å². The Hall–Kier alpha value is -1.87. The van der Waals surface area contributed by atoms with Crippen LogP contribution in [0.5, 0.6) is 0 Å². The molecule has 86 valence electrons. The highest BCUT2D eigenvalue weighted by molar-refractivity contribution is 9.10. The first-order chi connectivity index (χ1) is 8.15. The Kier molecular flexibility index (Phi) is 3.11. The minimum absolute atomic E-state index is 0.196. The van der Waals surface area contributed by atoms with Crippen molar-refractivity contribution in [3.05, 3.63) is 34.2 Å². The van der Waals surface area contributed by atoms with Gasteiger partial charge in [-0.1, -0.05) is 0 Å². The summed E-state index contributed by atoms with van der Waals surface area (Å²) in [6.45, 7) is 2.02. The molecule has 0 fully saturated rings. The van der Waals surface area contributed by atoms with Gasteiger partial charge in [-0.25, -0.2) is 9.78 Å². The van der Waals surface area contributed by atoms with E-state index in [0.717, 1.165) is 4.47 Å². The number of esters is 1. The number of imidazole rings is 1. The fourth-order valence-corrected chi connectivity index (χ4v) is 1.90. The largest absolute Gasteiger partial charge is 0.461 e. The van der Waals surface area contributed by atoms with Crippen LogP contribution in [0.25, 0.3) is 5.65 Å². The molecule has 0 saturated carbocycles. The number of carbonyl (C=O) groups excluding carboxylic acids is 1. The van der Waals surface area contributed by atoms with Crippen molar-refractivity contribution in [1.29, 1.82) is 5.26 Å². The molecule has 0 radical (unpaired) electrons. The molecule has 5 nitrogen and oxygen atoms in total. The second-order valence-corrected chi connectivity index (χ2v) is 4.18. The van der Waals surface area contributed by atoms with Gasteiger partial charge in [0.05, 0.1) is 12.2 Å². The maximum atomic E-state index is 11.5. The molecule has 0 atom stereocenters. The van der Waals surface area contributed by atoms with E-state index >= 15 is 0 Å². The number of carbonyl (C=O) groups is 1. The Morgan fingerprint density at radius 3 is 3.06 bits per heavy atom. The number of ether oxygens (including phenoxy) is 1. The minimum Gasteiger partial charge on any atom is -0.461 e. The fraction of sp³-hybridized carbons (Fsp3) is 0.182. The zero-order valence-electron chi connectivity index (χ0n) is 8.98. The van der Waals surface area contributed by atoms with Crippen molar-refractivity contribution in [2.75, 3.05) is 6.61 Å². The first-order valence-corrected chi connectivity index (χ1v) is 5.70. The number of pyridine rings is 1. The Balaban J connectivity index is 2.58. The number of nitrogens with zero attached hydrogens (tertiary/aromatic N) is 3. The van der Waals surface area contributed by atoms with E-state index in [9.17, 15) is 4.79 Å². The van der Waals surface area contributed by atoms with Crippen LogP contribution in [0.2, 0.25) is 0 Å². The first kappa shape index (κ1) is 11.6. The molecular weight excluding hydrogens is 286 g/mol. The average molecular weight is 294 g/mol. The Morgan fingerprint density at radius 1 is 1.65 bits per heavy atom. The molecule has 2 aromatic heterocycles. The predicted octanol–water partition coefficient (Wildman–Crippen LogP) is 2.15. The molecule has 0 N–H and O–H groups in total. The van der Waals surface area contributed by atoms with Crippen molar-refractivity contribution in [2.45, 2.75) is 6.92 Å². The predicted molar refractivity (Wildman–Crippen MR) is 63.6 cm³/mol. The molecule has 0 aliphatic rings. The van der Waals surface area contributed by atoms with Gasteiger partial charge >= 0.3 is 5.97 Å². The zero-order chi connectivity index (χ0) is 12.4. The monoisotopic (exact) mass is 293 g/mol. The van der Waals surface area contributed by atoms with Gasteiger partial charge in [-0.05, 0) is 28.9 Å². The van der Waals surface area contributed by atoms with Crippen molar-refractivity contribution in [3.8, 4) is 6.07 Å². The maximum absolute atomic E-state index is 11.5. The molecule has 0 spiro atoms. The summed E-state index contributed by atoms with van der Waals surface area (Å²) in [6.07, 6.45) is 3.27. The van der Waals surface area contributed by atoms with Gasteiger partial charge < -0.3 is 9.14 Å². The van der Waals surface area contributed by atoms with Crippen molar-refractivity contribution in [2.24, 2.45) is 0 Å². The summed E-state index contributed by atoms with van der Waals surface area (Å²) in [5, 5.41) is 8.97. The van der Waals surface area contributed by atoms with E-state index < -0.39 is 5.97 Å². The van der Waals surface area contributed by atoms with Gasteiger partial charge in [-0.2, -0.15) is 5.26 Å². The highest BCUT2D eigenvalue weighted by Crippen LogP contribution is 2.17. The molecule has 0 unspecified atom stereocenters. The Bertz CT molecular complexity index is 627. The molecule has 0 aliphatic heterocycles. The van der Waals surface area contributed by atoms with Crippen LogP contribution in [0.15, 0.2) is 22.9 Å². The first-order valence-electron chi connectivity index (χ1n) is 4.91. The number of fused-ring (bicyclic) bond motifs is 1. The van der Waals surface area contributed by atoms with Crippen LogP contribution in [0.1, 0.15) is 23.0 Å². The lowest BCUT2D eigenvalue weighted by Crippen LogP contribution is -2.04. The van der Waals surface area contributed by atoms with Gasteiger partial charge in [0.15, 0.2) is 11.3 Å². The van der Waals surface area contributed by atoms with Crippen LogP contribution in [-0.2, 0) is 4.74 Å². The van der Waals surface area contributed by atoms with Gasteiger partial charge in [0.1, 0.15) is 6.07 Å². The fourth-order valence-electron chi connectivity index (χ4n) is 1.45. The highest BCUT2D eigenvalue weighted by atomic mass is 79.9. The summed E-state index contributed by atoms with van der Waals surface area (Å²) in [4.78, 5) is 15.6. The van der Waals surface area contributed by atoms with Gasteiger partial charge in [0.25, 0.3) is 0 Å². The van der Waals surface area contributed by atoms with E-state index in [1.807, 2.05) is 6.07 Å². The van der Waals surface area contributed by atoms with Gasteiger partial charge in [0, 0.05) is 16.9 Å². The van der Waals surface area contributed by atoms with Gasteiger partial charge in [0.2, 0.25) is 0 Å². The minimum atomic E-state index is -0.490. The van der Waals surface area contributed by atoms with Gasteiger partial charge in [-0.3, -0.25) is 0 Å². The van der Waals surface area contributed by atoms with Crippen LogP contribution in [-0.4, -0.2) is 22.0 Å². The van der Waals surface area contributed by atoms with E-state index in [1.165, 1.54) is 0 Å². The normalized spacial score (nSPS) is 10.2. The van der Waals surface area contributed by atoms with E-state index in [1.54, 1.807) is 29.8 Å². The van der Waals surface area contributed by atoms with E-state index in [2.05, 4.69) is 20.9 Å². The number of hydrogen-bond donors (Lipinski definition) is 0. The third kappa shape index (κ3) is 2.15. The molecular formula is C11H8BrN3O2. The molecule has 2 rings (SSSR count). The molecule has 0 saturated heterocycles. The Morgan fingerprint density at radius 2 is 2.41 bits per heavy atom. The third-order valence-electron chi connectivity index (χ3n) is 2.12. The van der Waals surface area contributed by atoms with Crippen LogP contribution in [0.3, 0.4) is 0 Å². The van der Waals surface area contributed by atoms with Crippen molar-refractivity contribution < 1.29 is 9.53 Å². The van der Waals surface area contributed by atoms with Crippen molar-refractivity contribution >= 4 is 27.5 Å². The number of aromatic nitrogens is 2. The molecule has 0 aromatic carbocycles. The standard InChI is InChI=1S/C11H8BrN3O2/c1-2-17-11(16)9-6-15-5-8(12)3-7(4-13)10(15)14-9/h3,5-6H,2H2,1H3. The number of rotatable bonds is 2. The Labute approximate surface area is 106 Å². The lowest BCUT2D eigenvalue weighted by molar-refractivity contribution is 0.0520. The molecule has 0 amide bonds. The maximum Gasteiger partial charge on any atom is 0.358 e. The van der Waals surface area contributed by atoms with Crippen LogP contribution < -0.4 is 0 Å². The number of nitriles is 1. The summed E-state index contributed by atoms with van der Waals surface area (Å²) in [7, 11) is 0. The average Bonchev–Trinajstić information content (AvgIpc) is 2.71. The molecule has 6 heteroatoms. The molecule has 2 heterocycles. The van der Waals surface area contributed by atoms with Crippen molar-refractivity contribution in [3.63, 3.8) is 0 Å². The summed E-state index contributed by atoms with van der Waals surface area (Å²) >= 11 is 3.29. The van der Waals surface area contributed by atoms with E-state index in [4.69, 9.17) is 10.00 Å². The zero-order valence-corrected chi connectivity index (χ0v) is 10.6. The second-order valence-electron chi connectivity index (χ2n) is 3.26. The lowest BCUT2D eigenvalue weighted by atomic mass is 10.3. The SMILES string of the molecule is CCOC(=O)c1cn2cc(Br)cc(C#N)c2n1. The number of halogens is 1. The summed E-state index contributed by atoms with van der Waals surface area (Å²) < 4.78 is 7.22. The third-order valence-corrected chi connectivity index (χ3v) is 2.56. The lowest BCUT2D eigenvalue weighted by Gasteiger charge is -1.95. The molecule has 0 bridgehead atoms. The summed E-state index contributed by atoms with van der Waals surface area (Å²) in [6, 6.07) is 3.68. The van der Waals surface area contributed by atoms with E-state index in [-0.39, 0.29) is 5.69 Å². The molecule has 17 heavy (non-hydrogen) atoms. The second kappa shape index (κ2) is 4.55.